The molecule has 0 saturated heterocycles. The summed E-state index contributed by atoms with van der Waals surface area (Å²) in [6.45, 7) is 0. The van der Waals surface area contributed by atoms with Crippen LogP contribution < -0.4 is 15.8 Å². The average Bonchev–Trinajstić information content (AvgIpc) is 2.24. The van der Waals surface area contributed by atoms with Crippen LogP contribution in [0.5, 0.6) is 5.75 Å². The van der Waals surface area contributed by atoms with Crippen molar-refractivity contribution >= 4 is 17.3 Å². The maximum absolute atomic E-state index is 12.3. The Morgan fingerprint density at radius 1 is 1.19 bits per heavy atom. The van der Waals surface area contributed by atoms with Gasteiger partial charge in [-0.3, -0.25) is 4.79 Å². The molecule has 0 radical (unpaired) electrons. The SMILES string of the molecule is COc1ccc(NC(=O)C(C(F)(F)F)C(F)(F)F)cc1N. The van der Waals surface area contributed by atoms with Crippen molar-refractivity contribution in [1.82, 2.24) is 0 Å². The molecule has 0 aliphatic carbocycles. The van der Waals surface area contributed by atoms with Crippen molar-refractivity contribution in [1.29, 1.82) is 0 Å². The van der Waals surface area contributed by atoms with Crippen LogP contribution in [0.4, 0.5) is 37.7 Å². The Bertz CT molecular complexity index is 512. The molecule has 21 heavy (non-hydrogen) atoms. The van der Waals surface area contributed by atoms with Crippen LogP contribution in [0, 0.1) is 5.92 Å². The molecule has 3 N–H and O–H groups in total. The molecule has 1 amide bonds. The van der Waals surface area contributed by atoms with Crippen LogP contribution in [0.2, 0.25) is 0 Å². The second kappa shape index (κ2) is 5.70. The molecular formula is C11H10F6N2O2. The number of halogens is 6. The monoisotopic (exact) mass is 316 g/mol. The van der Waals surface area contributed by atoms with Gasteiger partial charge in [0.05, 0.1) is 12.8 Å². The second-order valence-corrected chi connectivity index (χ2v) is 3.96. The maximum Gasteiger partial charge on any atom is 0.409 e. The highest BCUT2D eigenvalue weighted by atomic mass is 19.4. The van der Waals surface area contributed by atoms with E-state index in [1.54, 1.807) is 0 Å². The van der Waals surface area contributed by atoms with Crippen LogP contribution in [-0.2, 0) is 4.79 Å². The van der Waals surface area contributed by atoms with Gasteiger partial charge < -0.3 is 15.8 Å². The number of hydrogen-bond donors (Lipinski definition) is 2. The Morgan fingerprint density at radius 3 is 2.10 bits per heavy atom. The van der Waals surface area contributed by atoms with E-state index in [0.29, 0.717) is 0 Å². The lowest BCUT2D eigenvalue weighted by Crippen LogP contribution is -2.45. The molecule has 0 aromatic heterocycles. The number of anilines is 2. The minimum Gasteiger partial charge on any atom is -0.495 e. The summed E-state index contributed by atoms with van der Waals surface area (Å²) >= 11 is 0. The van der Waals surface area contributed by atoms with Gasteiger partial charge in [0.1, 0.15) is 5.75 Å². The molecule has 0 heterocycles. The van der Waals surface area contributed by atoms with E-state index in [0.717, 1.165) is 12.1 Å². The fourth-order valence-corrected chi connectivity index (χ4v) is 1.51. The summed E-state index contributed by atoms with van der Waals surface area (Å²) in [5, 5.41) is 1.53. The molecule has 118 valence electrons. The minimum atomic E-state index is -5.75. The van der Waals surface area contributed by atoms with Gasteiger partial charge in [0.25, 0.3) is 0 Å². The second-order valence-electron chi connectivity index (χ2n) is 3.96. The fraction of sp³-hybridized carbons (Fsp3) is 0.364. The number of amides is 1. The third kappa shape index (κ3) is 4.17. The van der Waals surface area contributed by atoms with Crippen LogP contribution >= 0.6 is 0 Å². The van der Waals surface area contributed by atoms with Gasteiger partial charge in [0.2, 0.25) is 11.8 Å². The van der Waals surface area contributed by atoms with E-state index >= 15 is 0 Å². The summed E-state index contributed by atoms with van der Waals surface area (Å²) in [4.78, 5) is 11.2. The Kier molecular flexibility index (Phi) is 4.59. The molecule has 0 atom stereocenters. The summed E-state index contributed by atoms with van der Waals surface area (Å²) in [6.07, 6.45) is -11.5. The van der Waals surface area contributed by atoms with Crippen molar-refractivity contribution in [3.63, 3.8) is 0 Å². The van der Waals surface area contributed by atoms with E-state index in [-0.39, 0.29) is 17.1 Å². The number of alkyl halides is 6. The number of rotatable bonds is 3. The van der Waals surface area contributed by atoms with E-state index in [1.807, 2.05) is 0 Å². The van der Waals surface area contributed by atoms with Gasteiger partial charge in [-0.1, -0.05) is 0 Å². The van der Waals surface area contributed by atoms with Gasteiger partial charge >= 0.3 is 12.4 Å². The van der Waals surface area contributed by atoms with Crippen LogP contribution in [0.15, 0.2) is 18.2 Å². The molecular weight excluding hydrogens is 306 g/mol. The van der Waals surface area contributed by atoms with Crippen molar-refractivity contribution in [3.8, 4) is 5.75 Å². The predicted molar refractivity (Wildman–Crippen MR) is 61.6 cm³/mol. The maximum atomic E-state index is 12.3. The number of hydrogen-bond acceptors (Lipinski definition) is 3. The Hall–Kier alpha value is -2.13. The molecule has 0 aliphatic rings. The number of nitrogens with two attached hydrogens (primary N) is 1. The number of nitrogen functional groups attached to an aromatic ring is 1. The van der Waals surface area contributed by atoms with Gasteiger partial charge in [-0.2, -0.15) is 26.3 Å². The molecule has 1 aromatic carbocycles. The van der Waals surface area contributed by atoms with Crippen LogP contribution in [0.3, 0.4) is 0 Å². The molecule has 0 aliphatic heterocycles. The normalized spacial score (nSPS) is 12.4. The van der Waals surface area contributed by atoms with Crippen molar-refractivity contribution in [2.24, 2.45) is 5.92 Å². The minimum absolute atomic E-state index is 0.0501. The molecule has 0 bridgehead atoms. The van der Waals surface area contributed by atoms with E-state index < -0.39 is 24.2 Å². The highest BCUT2D eigenvalue weighted by Crippen LogP contribution is 2.40. The fourth-order valence-electron chi connectivity index (χ4n) is 1.51. The van der Waals surface area contributed by atoms with E-state index in [2.05, 4.69) is 0 Å². The lowest BCUT2D eigenvalue weighted by Gasteiger charge is -2.22. The Balaban J connectivity index is 3.00. The molecule has 4 nitrogen and oxygen atoms in total. The molecule has 0 unspecified atom stereocenters. The van der Waals surface area contributed by atoms with Crippen molar-refractivity contribution < 1.29 is 35.9 Å². The topological polar surface area (TPSA) is 64.3 Å². The lowest BCUT2D eigenvalue weighted by atomic mass is 10.1. The first-order valence-electron chi connectivity index (χ1n) is 5.34. The summed E-state index contributed by atoms with van der Waals surface area (Å²) in [5.41, 5.74) is 5.08. The number of methoxy groups -OCH3 is 1. The van der Waals surface area contributed by atoms with E-state index in [4.69, 9.17) is 10.5 Å². The van der Waals surface area contributed by atoms with Gasteiger partial charge in [-0.25, -0.2) is 0 Å². The standard InChI is InChI=1S/C11H10F6N2O2/c1-21-7-3-2-5(4-6(7)18)19-9(20)8(10(12,13)14)11(15,16)17/h2-4,8H,18H2,1H3,(H,19,20). The predicted octanol–water partition coefficient (Wildman–Crippen LogP) is 2.96. The molecule has 1 aromatic rings. The van der Waals surface area contributed by atoms with Crippen molar-refractivity contribution in [2.75, 3.05) is 18.2 Å². The summed E-state index contributed by atoms with van der Waals surface area (Å²) in [5.74, 6) is -6.19. The zero-order valence-corrected chi connectivity index (χ0v) is 10.5. The first-order chi connectivity index (χ1) is 9.46. The zero-order chi connectivity index (χ0) is 16.4. The van der Waals surface area contributed by atoms with Crippen LogP contribution in [0.25, 0.3) is 0 Å². The summed E-state index contributed by atoms with van der Waals surface area (Å²) < 4.78 is 78.8. The van der Waals surface area contributed by atoms with E-state index in [1.165, 1.54) is 18.5 Å². The van der Waals surface area contributed by atoms with Crippen molar-refractivity contribution in [2.45, 2.75) is 12.4 Å². The molecule has 1 rings (SSSR count). The lowest BCUT2D eigenvalue weighted by molar-refractivity contribution is -0.272. The number of ether oxygens (including phenoxy) is 1. The van der Waals surface area contributed by atoms with Crippen LogP contribution in [0.1, 0.15) is 0 Å². The third-order valence-electron chi connectivity index (χ3n) is 2.41. The largest absolute Gasteiger partial charge is 0.495 e. The van der Waals surface area contributed by atoms with Gasteiger partial charge in [0.15, 0.2) is 0 Å². The highest BCUT2D eigenvalue weighted by Gasteiger charge is 2.61. The average molecular weight is 316 g/mol. The Labute approximate surface area is 114 Å². The Morgan fingerprint density at radius 2 is 1.71 bits per heavy atom. The highest BCUT2D eigenvalue weighted by molar-refractivity contribution is 5.94. The van der Waals surface area contributed by atoms with Gasteiger partial charge in [-0.05, 0) is 18.2 Å². The van der Waals surface area contributed by atoms with E-state index in [9.17, 15) is 31.1 Å². The number of nitrogens with one attached hydrogen (secondary N) is 1. The summed E-state index contributed by atoms with van der Waals surface area (Å²) in [7, 11) is 1.27. The third-order valence-corrected chi connectivity index (χ3v) is 2.41. The van der Waals surface area contributed by atoms with Gasteiger partial charge in [0, 0.05) is 5.69 Å². The molecule has 0 spiro atoms. The molecule has 10 heteroatoms. The first-order valence-corrected chi connectivity index (χ1v) is 5.34. The number of benzene rings is 1. The zero-order valence-electron chi connectivity index (χ0n) is 10.5. The number of carbonyl (C=O) groups excluding carboxylic acids is 1. The molecule has 0 saturated carbocycles. The quantitative estimate of drug-likeness (QED) is 0.665. The number of carbonyl (C=O) groups is 1. The first kappa shape index (κ1) is 16.9. The van der Waals surface area contributed by atoms with Crippen LogP contribution in [-0.4, -0.2) is 25.4 Å². The summed E-state index contributed by atoms with van der Waals surface area (Å²) in [6, 6.07) is 3.25. The van der Waals surface area contributed by atoms with Gasteiger partial charge in [-0.15, -0.1) is 0 Å². The molecule has 0 fully saturated rings. The van der Waals surface area contributed by atoms with Crippen molar-refractivity contribution in [3.05, 3.63) is 18.2 Å². The smallest absolute Gasteiger partial charge is 0.409 e.